The number of hydrogen-bond acceptors (Lipinski definition) is 5. The van der Waals surface area contributed by atoms with Crippen molar-refractivity contribution in [2.75, 3.05) is 34.5 Å². The molecule has 1 unspecified atom stereocenters. The van der Waals surface area contributed by atoms with Crippen LogP contribution in [0, 0.1) is 0 Å². The van der Waals surface area contributed by atoms with E-state index in [2.05, 4.69) is 0 Å². The number of likely N-dealkylation sites (tertiary alicyclic amines) is 1. The van der Waals surface area contributed by atoms with Gasteiger partial charge in [-0.3, -0.25) is 4.79 Å². The van der Waals surface area contributed by atoms with Gasteiger partial charge in [-0.25, -0.2) is 0 Å². The Morgan fingerprint density at radius 3 is 2.43 bits per heavy atom. The van der Waals surface area contributed by atoms with Gasteiger partial charge in [0.15, 0.2) is 11.5 Å². The topological polar surface area (TPSA) is 57.2 Å². The first-order valence-electron chi connectivity index (χ1n) is 9.46. The highest BCUT2D eigenvalue weighted by molar-refractivity contribution is 5.95. The fourth-order valence-corrected chi connectivity index (χ4v) is 3.67. The van der Waals surface area contributed by atoms with E-state index in [9.17, 15) is 4.79 Å². The van der Waals surface area contributed by atoms with Gasteiger partial charge in [0, 0.05) is 17.7 Å². The predicted molar refractivity (Wildman–Crippen MR) is 107 cm³/mol. The number of benzene rings is 2. The zero-order valence-corrected chi connectivity index (χ0v) is 16.9. The SMILES string of the molecule is CCOc1ccc(C(=O)N2CCCC2c2cc(OC)ccc2OC)cc1OC. The quantitative estimate of drug-likeness (QED) is 0.719. The Bertz CT molecular complexity index is 836. The Morgan fingerprint density at radius 1 is 1.00 bits per heavy atom. The van der Waals surface area contributed by atoms with Crippen molar-refractivity contribution in [1.29, 1.82) is 0 Å². The Kier molecular flexibility index (Phi) is 6.29. The van der Waals surface area contributed by atoms with Crippen molar-refractivity contribution < 1.29 is 23.7 Å². The number of nitrogens with zero attached hydrogens (tertiary/aromatic N) is 1. The lowest BCUT2D eigenvalue weighted by atomic mass is 10.0. The highest BCUT2D eigenvalue weighted by Crippen LogP contribution is 2.40. The number of ether oxygens (including phenoxy) is 4. The zero-order chi connectivity index (χ0) is 20.1. The van der Waals surface area contributed by atoms with Gasteiger partial charge in [-0.05, 0) is 56.2 Å². The average molecular weight is 385 g/mol. The Balaban J connectivity index is 1.92. The molecule has 150 valence electrons. The van der Waals surface area contributed by atoms with Crippen molar-refractivity contribution in [3.63, 3.8) is 0 Å². The van der Waals surface area contributed by atoms with Crippen LogP contribution >= 0.6 is 0 Å². The van der Waals surface area contributed by atoms with Crippen molar-refractivity contribution in [1.82, 2.24) is 4.90 Å². The standard InChI is InChI=1S/C22H27NO5/c1-5-28-20-10-8-15(13-21(20)27-4)22(24)23-12-6-7-18(23)17-14-16(25-2)9-11-19(17)26-3/h8-11,13-14,18H,5-7,12H2,1-4H3. The van der Waals surface area contributed by atoms with Gasteiger partial charge in [0.1, 0.15) is 11.5 Å². The molecule has 0 radical (unpaired) electrons. The monoisotopic (exact) mass is 385 g/mol. The molecular formula is C22H27NO5. The van der Waals surface area contributed by atoms with Crippen molar-refractivity contribution in [2.24, 2.45) is 0 Å². The Hall–Kier alpha value is -2.89. The number of rotatable bonds is 7. The summed E-state index contributed by atoms with van der Waals surface area (Å²) in [5.41, 5.74) is 1.54. The molecule has 0 saturated carbocycles. The van der Waals surface area contributed by atoms with E-state index in [1.807, 2.05) is 30.0 Å². The summed E-state index contributed by atoms with van der Waals surface area (Å²) in [6, 6.07) is 10.9. The van der Waals surface area contributed by atoms with Crippen molar-refractivity contribution in [3.05, 3.63) is 47.5 Å². The third-order valence-corrected chi connectivity index (χ3v) is 5.02. The van der Waals surface area contributed by atoms with Crippen LogP contribution < -0.4 is 18.9 Å². The maximum Gasteiger partial charge on any atom is 0.254 e. The minimum Gasteiger partial charge on any atom is -0.497 e. The molecule has 1 atom stereocenters. The lowest BCUT2D eigenvalue weighted by Gasteiger charge is -2.27. The van der Waals surface area contributed by atoms with E-state index in [-0.39, 0.29) is 11.9 Å². The average Bonchev–Trinajstić information content (AvgIpc) is 3.22. The fourth-order valence-electron chi connectivity index (χ4n) is 3.67. The van der Waals surface area contributed by atoms with Gasteiger partial charge in [0.25, 0.3) is 5.91 Å². The summed E-state index contributed by atoms with van der Waals surface area (Å²) in [5.74, 6) is 2.66. The van der Waals surface area contributed by atoms with Crippen molar-refractivity contribution in [2.45, 2.75) is 25.8 Å². The van der Waals surface area contributed by atoms with Gasteiger partial charge < -0.3 is 23.8 Å². The van der Waals surface area contributed by atoms with Gasteiger partial charge >= 0.3 is 0 Å². The fraction of sp³-hybridized carbons (Fsp3) is 0.409. The van der Waals surface area contributed by atoms with E-state index >= 15 is 0 Å². The molecule has 0 N–H and O–H groups in total. The number of hydrogen-bond donors (Lipinski definition) is 0. The van der Waals surface area contributed by atoms with Crippen LogP contribution in [0.15, 0.2) is 36.4 Å². The van der Waals surface area contributed by atoms with E-state index in [4.69, 9.17) is 18.9 Å². The van der Waals surface area contributed by atoms with E-state index in [0.717, 1.165) is 29.9 Å². The molecule has 1 aliphatic heterocycles. The first-order valence-corrected chi connectivity index (χ1v) is 9.46. The van der Waals surface area contributed by atoms with Crippen molar-refractivity contribution >= 4 is 5.91 Å². The smallest absolute Gasteiger partial charge is 0.254 e. The van der Waals surface area contributed by atoms with Crippen LogP contribution in [-0.2, 0) is 0 Å². The minimum absolute atomic E-state index is 0.0336. The number of amides is 1. The third-order valence-electron chi connectivity index (χ3n) is 5.02. The van der Waals surface area contributed by atoms with Crippen LogP contribution in [0.1, 0.15) is 41.7 Å². The van der Waals surface area contributed by atoms with Crippen molar-refractivity contribution in [3.8, 4) is 23.0 Å². The second-order valence-electron chi connectivity index (χ2n) is 6.56. The number of carbonyl (C=O) groups is 1. The largest absolute Gasteiger partial charge is 0.497 e. The van der Waals surface area contributed by atoms with Crippen LogP contribution in [0.5, 0.6) is 23.0 Å². The van der Waals surface area contributed by atoms with Crippen LogP contribution in [0.25, 0.3) is 0 Å². The molecule has 28 heavy (non-hydrogen) atoms. The van der Waals surface area contributed by atoms with Crippen LogP contribution in [-0.4, -0.2) is 45.3 Å². The van der Waals surface area contributed by atoms with Gasteiger partial charge in [-0.2, -0.15) is 0 Å². The molecule has 2 aromatic carbocycles. The number of carbonyl (C=O) groups excluding carboxylic acids is 1. The first kappa shape index (κ1) is 19.9. The third kappa shape index (κ3) is 3.86. The summed E-state index contributed by atoms with van der Waals surface area (Å²) in [6.07, 6.45) is 1.81. The summed E-state index contributed by atoms with van der Waals surface area (Å²) in [4.78, 5) is 15.2. The number of methoxy groups -OCH3 is 3. The second kappa shape index (κ2) is 8.87. The summed E-state index contributed by atoms with van der Waals surface area (Å²) in [6.45, 7) is 3.14. The normalized spacial score (nSPS) is 16.0. The summed E-state index contributed by atoms with van der Waals surface area (Å²) >= 11 is 0. The van der Waals surface area contributed by atoms with Gasteiger partial charge in [0.05, 0.1) is 34.0 Å². The maximum atomic E-state index is 13.3. The molecule has 2 aromatic rings. The summed E-state index contributed by atoms with van der Waals surface area (Å²) in [7, 11) is 4.85. The molecule has 1 saturated heterocycles. The Labute approximate surface area is 166 Å². The molecule has 0 aliphatic carbocycles. The lowest BCUT2D eigenvalue weighted by Crippen LogP contribution is -2.30. The molecule has 6 heteroatoms. The summed E-state index contributed by atoms with van der Waals surface area (Å²) < 4.78 is 21.9. The molecule has 3 rings (SSSR count). The van der Waals surface area contributed by atoms with Gasteiger partial charge in [0.2, 0.25) is 0 Å². The minimum atomic E-state index is -0.0601. The summed E-state index contributed by atoms with van der Waals surface area (Å²) in [5, 5.41) is 0. The van der Waals surface area contributed by atoms with E-state index in [1.165, 1.54) is 0 Å². The highest BCUT2D eigenvalue weighted by atomic mass is 16.5. The van der Waals surface area contributed by atoms with Crippen LogP contribution in [0.4, 0.5) is 0 Å². The second-order valence-corrected chi connectivity index (χ2v) is 6.56. The molecule has 0 bridgehead atoms. The predicted octanol–water partition coefficient (Wildman–Crippen LogP) is 4.09. The van der Waals surface area contributed by atoms with Crippen LogP contribution in [0.2, 0.25) is 0 Å². The highest BCUT2D eigenvalue weighted by Gasteiger charge is 2.33. The molecular weight excluding hydrogens is 358 g/mol. The maximum absolute atomic E-state index is 13.3. The molecule has 1 fully saturated rings. The van der Waals surface area contributed by atoms with E-state index in [0.29, 0.717) is 30.2 Å². The lowest BCUT2D eigenvalue weighted by molar-refractivity contribution is 0.0733. The van der Waals surface area contributed by atoms with Gasteiger partial charge in [-0.1, -0.05) is 0 Å². The van der Waals surface area contributed by atoms with Gasteiger partial charge in [-0.15, -0.1) is 0 Å². The first-order chi connectivity index (χ1) is 13.6. The van der Waals surface area contributed by atoms with Crippen LogP contribution in [0.3, 0.4) is 0 Å². The Morgan fingerprint density at radius 2 is 1.75 bits per heavy atom. The van der Waals surface area contributed by atoms with E-state index in [1.54, 1.807) is 39.5 Å². The molecule has 0 aromatic heterocycles. The molecule has 1 aliphatic rings. The molecule has 6 nitrogen and oxygen atoms in total. The molecule has 1 amide bonds. The van der Waals surface area contributed by atoms with E-state index < -0.39 is 0 Å². The molecule has 0 spiro atoms. The zero-order valence-electron chi connectivity index (χ0n) is 16.9. The molecule has 1 heterocycles.